The fourth-order valence-corrected chi connectivity index (χ4v) is 3.94. The molecule has 0 bridgehead atoms. The van der Waals surface area contributed by atoms with Crippen molar-refractivity contribution in [3.05, 3.63) is 34.1 Å². The summed E-state index contributed by atoms with van der Waals surface area (Å²) in [7, 11) is 0. The third-order valence-corrected chi connectivity index (χ3v) is 5.19. The van der Waals surface area contributed by atoms with Crippen LogP contribution >= 0.6 is 15.9 Å². The molecular weight excluding hydrogens is 333 g/mol. The Labute approximate surface area is 135 Å². The SMILES string of the molecule is CCNC(Cc1cc(Br)ccc1F)C1C(C)OC(C)C1C. The Kier molecular flexibility index (Phi) is 5.81. The molecule has 4 heteroatoms. The normalized spacial score (nSPS) is 30.6. The van der Waals surface area contributed by atoms with Crippen LogP contribution in [0.4, 0.5) is 4.39 Å². The van der Waals surface area contributed by atoms with Crippen LogP contribution in [0.15, 0.2) is 22.7 Å². The minimum absolute atomic E-state index is 0.131. The van der Waals surface area contributed by atoms with Crippen molar-refractivity contribution in [3.63, 3.8) is 0 Å². The fourth-order valence-electron chi connectivity index (χ4n) is 3.53. The van der Waals surface area contributed by atoms with Crippen molar-refractivity contribution in [1.82, 2.24) is 5.32 Å². The smallest absolute Gasteiger partial charge is 0.126 e. The molecule has 0 aromatic heterocycles. The van der Waals surface area contributed by atoms with Crippen molar-refractivity contribution >= 4 is 15.9 Å². The van der Waals surface area contributed by atoms with Gasteiger partial charge in [0.15, 0.2) is 0 Å². The first-order valence-corrected chi connectivity index (χ1v) is 8.56. The van der Waals surface area contributed by atoms with Gasteiger partial charge in [-0.25, -0.2) is 4.39 Å². The van der Waals surface area contributed by atoms with Gasteiger partial charge in [0.25, 0.3) is 0 Å². The van der Waals surface area contributed by atoms with Gasteiger partial charge in [-0.3, -0.25) is 0 Å². The van der Waals surface area contributed by atoms with Gasteiger partial charge in [0, 0.05) is 16.4 Å². The molecule has 5 unspecified atom stereocenters. The molecule has 1 aromatic rings. The van der Waals surface area contributed by atoms with Crippen LogP contribution in [0.3, 0.4) is 0 Å². The predicted octanol–water partition coefficient (Wildman–Crippen LogP) is 4.17. The van der Waals surface area contributed by atoms with Crippen LogP contribution < -0.4 is 5.32 Å². The average Bonchev–Trinajstić information content (AvgIpc) is 2.67. The summed E-state index contributed by atoms with van der Waals surface area (Å²) < 4.78 is 20.9. The first-order chi connectivity index (χ1) is 9.93. The second-order valence-corrected chi connectivity index (χ2v) is 7.00. The summed E-state index contributed by atoms with van der Waals surface area (Å²) in [6.45, 7) is 9.47. The molecule has 0 amide bonds. The zero-order valence-electron chi connectivity index (χ0n) is 13.2. The summed E-state index contributed by atoms with van der Waals surface area (Å²) >= 11 is 3.43. The molecule has 2 nitrogen and oxygen atoms in total. The molecule has 0 aliphatic carbocycles. The van der Waals surface area contributed by atoms with Gasteiger partial charge in [-0.1, -0.05) is 29.8 Å². The van der Waals surface area contributed by atoms with Crippen molar-refractivity contribution in [2.75, 3.05) is 6.54 Å². The molecular formula is C17H25BrFNO. The summed E-state index contributed by atoms with van der Waals surface area (Å²) in [4.78, 5) is 0. The van der Waals surface area contributed by atoms with Gasteiger partial charge in [0.2, 0.25) is 0 Å². The zero-order valence-corrected chi connectivity index (χ0v) is 14.8. The quantitative estimate of drug-likeness (QED) is 0.853. The van der Waals surface area contributed by atoms with E-state index in [4.69, 9.17) is 4.74 Å². The van der Waals surface area contributed by atoms with Crippen molar-refractivity contribution in [2.24, 2.45) is 11.8 Å². The van der Waals surface area contributed by atoms with Crippen LogP contribution in [0, 0.1) is 17.7 Å². The van der Waals surface area contributed by atoms with E-state index in [1.165, 1.54) is 6.07 Å². The maximum Gasteiger partial charge on any atom is 0.126 e. The molecule has 1 heterocycles. The topological polar surface area (TPSA) is 21.3 Å². The molecule has 21 heavy (non-hydrogen) atoms. The Morgan fingerprint density at radius 1 is 1.29 bits per heavy atom. The first-order valence-electron chi connectivity index (χ1n) is 7.76. The van der Waals surface area contributed by atoms with E-state index in [1.54, 1.807) is 6.07 Å². The molecule has 0 spiro atoms. The minimum Gasteiger partial charge on any atom is -0.375 e. The maximum atomic E-state index is 14.0. The maximum absolute atomic E-state index is 14.0. The lowest BCUT2D eigenvalue weighted by molar-refractivity contribution is 0.0476. The van der Waals surface area contributed by atoms with Crippen LogP contribution in [0.25, 0.3) is 0 Å². The van der Waals surface area contributed by atoms with Crippen molar-refractivity contribution in [1.29, 1.82) is 0 Å². The lowest BCUT2D eigenvalue weighted by Crippen LogP contribution is -2.43. The monoisotopic (exact) mass is 357 g/mol. The minimum atomic E-state index is -0.131. The lowest BCUT2D eigenvalue weighted by Gasteiger charge is -2.30. The summed E-state index contributed by atoms with van der Waals surface area (Å²) in [5.74, 6) is 0.742. The Morgan fingerprint density at radius 3 is 2.57 bits per heavy atom. The van der Waals surface area contributed by atoms with Gasteiger partial charge in [-0.05, 0) is 56.5 Å². The largest absolute Gasteiger partial charge is 0.375 e. The first kappa shape index (κ1) is 16.9. The number of likely N-dealkylation sites (N-methyl/N-ethyl adjacent to an activating group) is 1. The lowest BCUT2D eigenvalue weighted by atomic mass is 9.81. The highest BCUT2D eigenvalue weighted by molar-refractivity contribution is 9.10. The van der Waals surface area contributed by atoms with Gasteiger partial charge in [-0.15, -0.1) is 0 Å². The Morgan fingerprint density at radius 2 is 2.00 bits per heavy atom. The van der Waals surface area contributed by atoms with E-state index in [-0.39, 0.29) is 24.1 Å². The van der Waals surface area contributed by atoms with E-state index in [1.807, 2.05) is 6.07 Å². The van der Waals surface area contributed by atoms with Gasteiger partial charge in [0.05, 0.1) is 12.2 Å². The number of hydrogen-bond donors (Lipinski definition) is 1. The third kappa shape index (κ3) is 3.85. The molecule has 0 saturated carbocycles. The number of rotatable bonds is 5. The van der Waals surface area contributed by atoms with Crippen molar-refractivity contribution in [3.8, 4) is 0 Å². The average molecular weight is 358 g/mol. The van der Waals surface area contributed by atoms with Gasteiger partial charge >= 0.3 is 0 Å². The Balaban J connectivity index is 2.21. The second kappa shape index (κ2) is 7.21. The van der Waals surface area contributed by atoms with Crippen molar-refractivity contribution < 1.29 is 9.13 Å². The molecule has 1 aliphatic rings. The van der Waals surface area contributed by atoms with E-state index < -0.39 is 0 Å². The summed E-state index contributed by atoms with van der Waals surface area (Å²) in [5, 5.41) is 3.54. The van der Waals surface area contributed by atoms with Crippen LogP contribution in [-0.2, 0) is 11.2 Å². The Hall–Kier alpha value is -0.450. The number of halogens is 2. The molecule has 1 N–H and O–H groups in total. The highest BCUT2D eigenvalue weighted by Gasteiger charge is 2.41. The summed E-state index contributed by atoms with van der Waals surface area (Å²) in [6, 6.07) is 5.39. The molecule has 1 saturated heterocycles. The Bertz CT molecular complexity index is 482. The van der Waals surface area contributed by atoms with E-state index in [0.717, 1.165) is 16.6 Å². The van der Waals surface area contributed by atoms with Crippen LogP contribution in [-0.4, -0.2) is 24.8 Å². The zero-order chi connectivity index (χ0) is 15.6. The van der Waals surface area contributed by atoms with Gasteiger partial charge in [-0.2, -0.15) is 0 Å². The van der Waals surface area contributed by atoms with Gasteiger partial charge in [0.1, 0.15) is 5.82 Å². The number of ether oxygens (including phenoxy) is 1. The van der Waals surface area contributed by atoms with E-state index >= 15 is 0 Å². The molecule has 1 aromatic carbocycles. The molecule has 118 valence electrons. The molecule has 0 radical (unpaired) electrons. The number of benzene rings is 1. The van der Waals surface area contributed by atoms with Crippen LogP contribution in [0.5, 0.6) is 0 Å². The van der Waals surface area contributed by atoms with Crippen molar-refractivity contribution in [2.45, 2.75) is 52.4 Å². The summed E-state index contributed by atoms with van der Waals surface area (Å²) in [6.07, 6.45) is 1.15. The molecule has 5 atom stereocenters. The number of hydrogen-bond acceptors (Lipinski definition) is 2. The van der Waals surface area contributed by atoms with E-state index in [2.05, 4.69) is 48.9 Å². The highest BCUT2D eigenvalue weighted by atomic mass is 79.9. The molecule has 1 fully saturated rings. The second-order valence-electron chi connectivity index (χ2n) is 6.09. The standard InChI is InChI=1S/C17H25BrFNO/c1-5-20-16(17-10(2)11(3)21-12(17)4)9-13-8-14(18)6-7-15(13)19/h6-8,10-12,16-17,20H,5,9H2,1-4H3. The summed E-state index contributed by atoms with van der Waals surface area (Å²) in [5.41, 5.74) is 0.759. The molecule has 2 rings (SSSR count). The van der Waals surface area contributed by atoms with E-state index in [0.29, 0.717) is 18.3 Å². The van der Waals surface area contributed by atoms with Crippen LogP contribution in [0.1, 0.15) is 33.3 Å². The van der Waals surface area contributed by atoms with Gasteiger partial charge < -0.3 is 10.1 Å². The van der Waals surface area contributed by atoms with Crippen LogP contribution in [0.2, 0.25) is 0 Å². The fraction of sp³-hybridized carbons (Fsp3) is 0.647. The third-order valence-electron chi connectivity index (χ3n) is 4.70. The van der Waals surface area contributed by atoms with E-state index in [9.17, 15) is 4.39 Å². The highest BCUT2D eigenvalue weighted by Crippen LogP contribution is 2.36. The molecule has 1 aliphatic heterocycles. The predicted molar refractivity (Wildman–Crippen MR) is 87.9 cm³/mol. The number of nitrogens with one attached hydrogen (secondary N) is 1.